The van der Waals surface area contributed by atoms with Crippen LogP contribution in [0.2, 0.25) is 0 Å². The van der Waals surface area contributed by atoms with Crippen LogP contribution in [0.25, 0.3) is 0 Å². The van der Waals surface area contributed by atoms with Crippen LogP contribution in [-0.4, -0.2) is 52.6 Å². The number of carbonyl (C=O) groups excluding carboxylic acids is 1. The van der Waals surface area contributed by atoms with Crippen LogP contribution in [0.3, 0.4) is 0 Å². The summed E-state index contributed by atoms with van der Waals surface area (Å²) in [6.45, 7) is 3.57. The van der Waals surface area contributed by atoms with Crippen LogP contribution in [0, 0.1) is 5.41 Å². The lowest BCUT2D eigenvalue weighted by molar-refractivity contribution is -0.150. The van der Waals surface area contributed by atoms with Gasteiger partial charge in [0, 0.05) is 24.9 Å². The highest BCUT2D eigenvalue weighted by Crippen LogP contribution is 2.31. The molecule has 0 aromatic rings. The maximum atomic E-state index is 12.1. The number of aliphatic carboxylic acids is 1. The van der Waals surface area contributed by atoms with Crippen LogP contribution < -0.4 is 5.32 Å². The Morgan fingerprint density at radius 3 is 2.60 bits per heavy atom. The smallest absolute Gasteiger partial charge is 0.317 e. The minimum atomic E-state index is -0.754. The Morgan fingerprint density at radius 1 is 1.35 bits per heavy atom. The molecule has 1 unspecified atom stereocenters. The van der Waals surface area contributed by atoms with Crippen molar-refractivity contribution >= 4 is 23.8 Å². The van der Waals surface area contributed by atoms with Crippen molar-refractivity contribution in [2.24, 2.45) is 5.41 Å². The van der Waals surface area contributed by atoms with E-state index in [9.17, 15) is 14.7 Å². The normalized spacial score (nSPS) is 26.1. The van der Waals surface area contributed by atoms with E-state index in [1.807, 2.05) is 11.8 Å². The number of rotatable bonds is 3. The quantitative estimate of drug-likeness (QED) is 0.838. The molecule has 2 amide bonds. The fourth-order valence-electron chi connectivity index (χ4n) is 2.70. The van der Waals surface area contributed by atoms with Crippen molar-refractivity contribution in [3.8, 4) is 0 Å². The molecule has 2 rings (SSSR count). The number of carboxylic acid groups (broad SMARTS) is 1. The maximum Gasteiger partial charge on any atom is 0.317 e. The van der Waals surface area contributed by atoms with Gasteiger partial charge in [0.2, 0.25) is 0 Å². The van der Waals surface area contributed by atoms with E-state index in [0.717, 1.165) is 6.54 Å². The number of nitrogens with one attached hydrogen (secondary N) is 1. The summed E-state index contributed by atoms with van der Waals surface area (Å²) in [5.74, 6) is 0.442. The number of urea groups is 1. The molecule has 2 N–H and O–H groups in total. The molecule has 2 aliphatic heterocycles. The van der Waals surface area contributed by atoms with Crippen LogP contribution in [0.4, 0.5) is 4.79 Å². The SMILES string of the molecule is CC1(C(=O)O)CCN(C(=O)NCC2CCCCS2)CC1. The first kappa shape index (κ1) is 15.5. The lowest BCUT2D eigenvalue weighted by Gasteiger charge is -2.36. The molecule has 0 aliphatic carbocycles. The van der Waals surface area contributed by atoms with Crippen molar-refractivity contribution in [3.63, 3.8) is 0 Å². The lowest BCUT2D eigenvalue weighted by atomic mass is 9.80. The molecule has 2 aliphatic rings. The molecule has 0 radical (unpaired) electrons. The summed E-state index contributed by atoms with van der Waals surface area (Å²) in [7, 11) is 0. The summed E-state index contributed by atoms with van der Waals surface area (Å²) in [5.41, 5.74) is -0.671. The van der Waals surface area contributed by atoms with Crippen LogP contribution in [-0.2, 0) is 4.79 Å². The van der Waals surface area contributed by atoms with Crippen molar-refractivity contribution in [3.05, 3.63) is 0 Å². The maximum absolute atomic E-state index is 12.1. The molecule has 20 heavy (non-hydrogen) atoms. The Hall–Kier alpha value is -0.910. The highest BCUT2D eigenvalue weighted by molar-refractivity contribution is 7.99. The molecule has 5 nitrogen and oxygen atoms in total. The van der Waals surface area contributed by atoms with Gasteiger partial charge in [-0.3, -0.25) is 4.79 Å². The minimum Gasteiger partial charge on any atom is -0.481 e. The van der Waals surface area contributed by atoms with Crippen molar-refractivity contribution in [2.45, 2.75) is 44.3 Å². The first-order valence-electron chi connectivity index (χ1n) is 7.39. The summed E-state index contributed by atoms with van der Waals surface area (Å²) in [4.78, 5) is 25.0. The second-order valence-electron chi connectivity index (χ2n) is 6.03. The molecule has 0 bridgehead atoms. The molecule has 2 fully saturated rings. The zero-order valence-electron chi connectivity index (χ0n) is 12.1. The van der Waals surface area contributed by atoms with Crippen molar-refractivity contribution < 1.29 is 14.7 Å². The lowest BCUT2D eigenvalue weighted by Crippen LogP contribution is -2.49. The zero-order valence-corrected chi connectivity index (χ0v) is 12.9. The zero-order chi connectivity index (χ0) is 14.6. The monoisotopic (exact) mass is 300 g/mol. The van der Waals surface area contributed by atoms with Gasteiger partial charge in [-0.05, 0) is 38.4 Å². The molecule has 1 atom stereocenters. The number of likely N-dealkylation sites (tertiary alicyclic amines) is 1. The van der Waals surface area contributed by atoms with Crippen molar-refractivity contribution in [1.29, 1.82) is 0 Å². The Kier molecular flexibility index (Phi) is 5.18. The average Bonchev–Trinajstić information content (AvgIpc) is 2.46. The molecule has 114 valence electrons. The second kappa shape index (κ2) is 6.70. The van der Waals surface area contributed by atoms with E-state index < -0.39 is 11.4 Å². The third kappa shape index (κ3) is 3.81. The number of piperidine rings is 1. The number of hydrogen-bond donors (Lipinski definition) is 2. The molecule has 2 saturated heterocycles. The summed E-state index contributed by atoms with van der Waals surface area (Å²) < 4.78 is 0. The van der Waals surface area contributed by atoms with Gasteiger partial charge in [0.05, 0.1) is 5.41 Å². The van der Waals surface area contributed by atoms with E-state index in [4.69, 9.17) is 0 Å². The van der Waals surface area contributed by atoms with Gasteiger partial charge in [0.15, 0.2) is 0 Å². The summed E-state index contributed by atoms with van der Waals surface area (Å²) in [6.07, 6.45) is 4.80. The highest BCUT2D eigenvalue weighted by atomic mass is 32.2. The number of nitrogens with zero attached hydrogens (tertiary/aromatic N) is 1. The van der Waals surface area contributed by atoms with Gasteiger partial charge in [0.1, 0.15) is 0 Å². The number of hydrogen-bond acceptors (Lipinski definition) is 3. The molecular formula is C14H24N2O3S. The Balaban J connectivity index is 1.73. The van der Waals surface area contributed by atoms with Crippen molar-refractivity contribution in [2.75, 3.05) is 25.4 Å². The van der Waals surface area contributed by atoms with E-state index >= 15 is 0 Å². The number of amides is 2. The number of thioether (sulfide) groups is 1. The predicted octanol–water partition coefficient (Wildman–Crippen LogP) is 2.17. The Morgan fingerprint density at radius 2 is 2.05 bits per heavy atom. The topological polar surface area (TPSA) is 69.6 Å². The summed E-state index contributed by atoms with van der Waals surface area (Å²) >= 11 is 1.94. The van der Waals surface area contributed by atoms with Gasteiger partial charge in [-0.2, -0.15) is 11.8 Å². The van der Waals surface area contributed by atoms with Crippen LogP contribution in [0.5, 0.6) is 0 Å². The van der Waals surface area contributed by atoms with Crippen molar-refractivity contribution in [1.82, 2.24) is 10.2 Å². The van der Waals surface area contributed by atoms with Gasteiger partial charge in [-0.25, -0.2) is 4.79 Å². The fraction of sp³-hybridized carbons (Fsp3) is 0.857. The Labute approximate surface area is 124 Å². The third-order valence-electron chi connectivity index (χ3n) is 4.43. The van der Waals surface area contributed by atoms with Crippen LogP contribution in [0.15, 0.2) is 0 Å². The first-order chi connectivity index (χ1) is 9.51. The molecule has 6 heteroatoms. The Bertz CT molecular complexity index is 361. The number of carbonyl (C=O) groups is 2. The van der Waals surface area contributed by atoms with Crippen LogP contribution in [0.1, 0.15) is 39.0 Å². The van der Waals surface area contributed by atoms with E-state index in [-0.39, 0.29) is 6.03 Å². The summed E-state index contributed by atoms with van der Waals surface area (Å²) in [6, 6.07) is -0.0383. The molecule has 0 spiro atoms. The molecule has 2 heterocycles. The standard InChI is InChI=1S/C14H24N2O3S/c1-14(12(17)18)5-7-16(8-6-14)13(19)15-10-11-4-2-3-9-20-11/h11H,2-10H2,1H3,(H,15,19)(H,17,18). The third-order valence-corrected chi connectivity index (χ3v) is 5.82. The van der Waals surface area contributed by atoms with E-state index in [1.54, 1.807) is 11.8 Å². The first-order valence-corrected chi connectivity index (χ1v) is 8.44. The highest BCUT2D eigenvalue weighted by Gasteiger charge is 2.38. The van der Waals surface area contributed by atoms with E-state index in [1.165, 1.54) is 25.0 Å². The molecule has 0 aromatic heterocycles. The predicted molar refractivity (Wildman–Crippen MR) is 80.0 cm³/mol. The van der Waals surface area contributed by atoms with Crippen LogP contribution >= 0.6 is 11.8 Å². The van der Waals surface area contributed by atoms with Gasteiger partial charge in [0.25, 0.3) is 0 Å². The molecule has 0 saturated carbocycles. The van der Waals surface area contributed by atoms with Gasteiger partial charge < -0.3 is 15.3 Å². The second-order valence-corrected chi connectivity index (χ2v) is 7.44. The van der Waals surface area contributed by atoms with E-state index in [0.29, 0.717) is 31.2 Å². The fourth-order valence-corrected chi connectivity index (χ4v) is 3.94. The molecular weight excluding hydrogens is 276 g/mol. The van der Waals surface area contributed by atoms with Gasteiger partial charge in [-0.15, -0.1) is 0 Å². The average molecular weight is 300 g/mol. The summed E-state index contributed by atoms with van der Waals surface area (Å²) in [5, 5.41) is 12.7. The minimum absolute atomic E-state index is 0.0383. The molecule has 0 aromatic carbocycles. The number of carboxylic acids is 1. The van der Waals surface area contributed by atoms with Gasteiger partial charge >= 0.3 is 12.0 Å². The largest absolute Gasteiger partial charge is 0.481 e. The van der Waals surface area contributed by atoms with E-state index in [2.05, 4.69) is 5.32 Å². The van der Waals surface area contributed by atoms with Gasteiger partial charge in [-0.1, -0.05) is 6.42 Å².